The van der Waals surface area contributed by atoms with Gasteiger partial charge in [0.1, 0.15) is 5.82 Å². The molecular formula is C15H21FN2O. The summed E-state index contributed by atoms with van der Waals surface area (Å²) in [4.78, 5) is 12.0. The third kappa shape index (κ3) is 3.77. The van der Waals surface area contributed by atoms with Gasteiger partial charge >= 0.3 is 0 Å². The summed E-state index contributed by atoms with van der Waals surface area (Å²) >= 11 is 0. The lowest BCUT2D eigenvalue weighted by Gasteiger charge is -2.32. The fourth-order valence-corrected chi connectivity index (χ4v) is 2.63. The quantitative estimate of drug-likeness (QED) is 0.881. The lowest BCUT2D eigenvalue weighted by molar-refractivity contribution is -0.117. The Bertz CT molecular complexity index is 467. The van der Waals surface area contributed by atoms with Crippen LogP contribution in [-0.4, -0.2) is 11.4 Å². The van der Waals surface area contributed by atoms with Crippen LogP contribution in [0.5, 0.6) is 0 Å². The molecule has 4 heteroatoms. The average molecular weight is 264 g/mol. The highest BCUT2D eigenvalue weighted by Gasteiger charge is 2.29. The molecule has 0 heterocycles. The van der Waals surface area contributed by atoms with Gasteiger partial charge < -0.3 is 11.1 Å². The summed E-state index contributed by atoms with van der Waals surface area (Å²) in [6, 6.07) is 4.71. The van der Waals surface area contributed by atoms with Gasteiger partial charge in [-0.3, -0.25) is 4.79 Å². The van der Waals surface area contributed by atoms with Crippen molar-refractivity contribution in [3.63, 3.8) is 0 Å². The summed E-state index contributed by atoms with van der Waals surface area (Å²) in [6.45, 7) is 1.69. The highest BCUT2D eigenvalue weighted by Crippen LogP contribution is 2.29. The van der Waals surface area contributed by atoms with Gasteiger partial charge in [-0.15, -0.1) is 0 Å². The molecule has 2 rings (SSSR count). The lowest BCUT2D eigenvalue weighted by Crippen LogP contribution is -2.44. The number of aryl methyl sites for hydroxylation is 1. The molecule has 0 aromatic heterocycles. The molecule has 1 aliphatic carbocycles. The van der Waals surface area contributed by atoms with Crippen molar-refractivity contribution in [1.82, 2.24) is 0 Å². The van der Waals surface area contributed by atoms with Crippen LogP contribution >= 0.6 is 0 Å². The van der Waals surface area contributed by atoms with E-state index >= 15 is 0 Å². The first-order chi connectivity index (χ1) is 8.98. The normalized spacial score (nSPS) is 18.1. The number of rotatable bonds is 3. The van der Waals surface area contributed by atoms with E-state index in [1.807, 2.05) is 0 Å². The molecule has 0 unspecified atom stereocenters. The van der Waals surface area contributed by atoms with Crippen molar-refractivity contribution in [1.29, 1.82) is 0 Å². The Balaban J connectivity index is 1.95. The molecule has 3 N–H and O–H groups in total. The first kappa shape index (κ1) is 14.0. The van der Waals surface area contributed by atoms with E-state index in [1.54, 1.807) is 19.1 Å². The molecule has 19 heavy (non-hydrogen) atoms. The minimum absolute atomic E-state index is 0.132. The van der Waals surface area contributed by atoms with Gasteiger partial charge in [0.15, 0.2) is 0 Å². The Kier molecular flexibility index (Phi) is 4.20. The zero-order chi connectivity index (χ0) is 13.9. The molecule has 0 bridgehead atoms. The minimum atomic E-state index is -0.383. The predicted octanol–water partition coefficient (Wildman–Crippen LogP) is 3.12. The molecular weight excluding hydrogens is 243 g/mol. The molecule has 1 aliphatic rings. The van der Waals surface area contributed by atoms with Gasteiger partial charge in [0.05, 0.1) is 0 Å². The Morgan fingerprint density at radius 3 is 2.68 bits per heavy atom. The van der Waals surface area contributed by atoms with Gasteiger partial charge in [0, 0.05) is 17.6 Å². The molecule has 1 saturated carbocycles. The van der Waals surface area contributed by atoms with E-state index in [0.29, 0.717) is 17.7 Å². The maximum Gasteiger partial charge on any atom is 0.226 e. The van der Waals surface area contributed by atoms with Gasteiger partial charge in [-0.1, -0.05) is 25.3 Å². The van der Waals surface area contributed by atoms with E-state index in [0.717, 1.165) is 25.7 Å². The Morgan fingerprint density at radius 2 is 2.05 bits per heavy atom. The molecule has 0 aliphatic heterocycles. The van der Waals surface area contributed by atoms with Crippen molar-refractivity contribution in [2.24, 2.45) is 5.73 Å². The van der Waals surface area contributed by atoms with E-state index in [1.165, 1.54) is 12.5 Å². The molecule has 104 valence electrons. The number of nitrogens with one attached hydrogen (secondary N) is 1. The first-order valence-corrected chi connectivity index (χ1v) is 6.83. The van der Waals surface area contributed by atoms with E-state index in [9.17, 15) is 9.18 Å². The van der Waals surface area contributed by atoms with Crippen LogP contribution in [0.15, 0.2) is 18.2 Å². The summed E-state index contributed by atoms with van der Waals surface area (Å²) in [6.07, 6.45) is 5.46. The van der Waals surface area contributed by atoms with E-state index in [2.05, 4.69) is 5.32 Å². The second kappa shape index (κ2) is 5.70. The Morgan fingerprint density at radius 1 is 1.37 bits per heavy atom. The average Bonchev–Trinajstić information content (AvgIpc) is 2.34. The second-order valence-electron chi connectivity index (χ2n) is 5.61. The maximum absolute atomic E-state index is 13.4. The number of amides is 1. The van der Waals surface area contributed by atoms with Gasteiger partial charge in [0.25, 0.3) is 0 Å². The van der Waals surface area contributed by atoms with Gasteiger partial charge in [0.2, 0.25) is 5.91 Å². The van der Waals surface area contributed by atoms with Crippen LogP contribution in [0.3, 0.4) is 0 Å². The molecule has 1 fully saturated rings. The van der Waals surface area contributed by atoms with Crippen molar-refractivity contribution >= 4 is 11.6 Å². The zero-order valence-electron chi connectivity index (χ0n) is 11.3. The summed E-state index contributed by atoms with van der Waals surface area (Å²) in [7, 11) is 0. The van der Waals surface area contributed by atoms with Crippen LogP contribution in [-0.2, 0) is 4.79 Å². The molecule has 1 aromatic rings. The smallest absolute Gasteiger partial charge is 0.226 e. The highest BCUT2D eigenvalue weighted by atomic mass is 19.1. The molecule has 0 radical (unpaired) electrons. The minimum Gasteiger partial charge on any atom is -0.326 e. The fourth-order valence-electron chi connectivity index (χ4n) is 2.63. The standard InChI is InChI=1S/C15H21FN2O/c1-11-5-6-12(9-13(11)16)18-14(19)10-15(17)7-3-2-4-8-15/h5-6,9H,2-4,7-8,10,17H2,1H3,(H,18,19). The topological polar surface area (TPSA) is 55.1 Å². The van der Waals surface area contributed by atoms with Crippen molar-refractivity contribution in [2.75, 3.05) is 5.32 Å². The molecule has 0 spiro atoms. The summed E-state index contributed by atoms with van der Waals surface area (Å²) in [5.41, 5.74) is 6.91. The van der Waals surface area contributed by atoms with Gasteiger partial charge in [-0.05, 0) is 37.5 Å². The fraction of sp³-hybridized carbons (Fsp3) is 0.533. The third-order valence-electron chi connectivity index (χ3n) is 3.82. The number of halogens is 1. The predicted molar refractivity (Wildman–Crippen MR) is 74.4 cm³/mol. The second-order valence-corrected chi connectivity index (χ2v) is 5.61. The van der Waals surface area contributed by atoms with Crippen LogP contribution in [0.25, 0.3) is 0 Å². The molecule has 1 amide bonds. The van der Waals surface area contributed by atoms with Gasteiger partial charge in [-0.2, -0.15) is 0 Å². The van der Waals surface area contributed by atoms with Crippen LogP contribution in [0.4, 0.5) is 10.1 Å². The number of carbonyl (C=O) groups excluding carboxylic acids is 1. The number of hydrogen-bond acceptors (Lipinski definition) is 2. The number of hydrogen-bond donors (Lipinski definition) is 2. The highest BCUT2D eigenvalue weighted by molar-refractivity contribution is 5.91. The van der Waals surface area contributed by atoms with Crippen molar-refractivity contribution < 1.29 is 9.18 Å². The van der Waals surface area contributed by atoms with Crippen molar-refractivity contribution in [3.8, 4) is 0 Å². The molecule has 0 atom stereocenters. The van der Waals surface area contributed by atoms with E-state index in [-0.39, 0.29) is 17.3 Å². The first-order valence-electron chi connectivity index (χ1n) is 6.83. The van der Waals surface area contributed by atoms with E-state index < -0.39 is 0 Å². The monoisotopic (exact) mass is 264 g/mol. The largest absolute Gasteiger partial charge is 0.326 e. The molecule has 0 saturated heterocycles. The summed E-state index contributed by atoms with van der Waals surface area (Å²) in [5, 5.41) is 2.72. The van der Waals surface area contributed by atoms with Crippen LogP contribution < -0.4 is 11.1 Å². The van der Waals surface area contributed by atoms with Crippen molar-refractivity contribution in [3.05, 3.63) is 29.6 Å². The van der Waals surface area contributed by atoms with E-state index in [4.69, 9.17) is 5.73 Å². The molecule has 3 nitrogen and oxygen atoms in total. The molecule has 1 aromatic carbocycles. The van der Waals surface area contributed by atoms with Gasteiger partial charge in [-0.25, -0.2) is 4.39 Å². The lowest BCUT2D eigenvalue weighted by atomic mass is 9.80. The van der Waals surface area contributed by atoms with Crippen LogP contribution in [0.1, 0.15) is 44.1 Å². The van der Waals surface area contributed by atoms with Crippen molar-refractivity contribution in [2.45, 2.75) is 51.0 Å². The number of carbonyl (C=O) groups is 1. The number of anilines is 1. The summed E-state index contributed by atoms with van der Waals surface area (Å²) < 4.78 is 13.4. The van der Waals surface area contributed by atoms with Crippen LogP contribution in [0, 0.1) is 12.7 Å². The van der Waals surface area contributed by atoms with Crippen LogP contribution in [0.2, 0.25) is 0 Å². The maximum atomic E-state index is 13.4. The Hall–Kier alpha value is -1.42. The SMILES string of the molecule is Cc1ccc(NC(=O)CC2(N)CCCCC2)cc1F. The number of benzene rings is 1. The number of nitrogens with two attached hydrogens (primary N) is 1. The zero-order valence-corrected chi connectivity index (χ0v) is 11.3. The third-order valence-corrected chi connectivity index (χ3v) is 3.82. The Labute approximate surface area is 113 Å². The summed E-state index contributed by atoms with van der Waals surface area (Å²) in [5.74, 6) is -0.439.